The maximum absolute atomic E-state index is 12.6. The molecule has 0 saturated heterocycles. The third kappa shape index (κ3) is 2.50. The molecule has 1 saturated carbocycles. The molecule has 0 aliphatic heterocycles. The summed E-state index contributed by atoms with van der Waals surface area (Å²) in [6.45, 7) is 4.17. The Hall–Kier alpha value is -2.35. The second-order valence-electron chi connectivity index (χ2n) is 5.01. The van der Waals surface area contributed by atoms with E-state index in [1.807, 2.05) is 13.0 Å². The van der Waals surface area contributed by atoms with Crippen LogP contribution in [0.2, 0.25) is 0 Å². The van der Waals surface area contributed by atoms with Gasteiger partial charge in [0.15, 0.2) is 0 Å². The molecule has 0 aromatic heterocycles. The molecular weight excluding hydrogens is 254 g/mol. The Labute approximate surface area is 118 Å². The smallest absolute Gasteiger partial charge is 0.254 e. The second kappa shape index (κ2) is 5.33. The lowest BCUT2D eigenvalue weighted by Gasteiger charge is -2.22. The molecule has 20 heavy (non-hydrogen) atoms. The number of primary amides is 1. The molecule has 2 rings (SSSR count). The van der Waals surface area contributed by atoms with Crippen molar-refractivity contribution in [1.82, 2.24) is 4.90 Å². The van der Waals surface area contributed by atoms with Crippen LogP contribution in [0, 0.1) is 18.3 Å². The summed E-state index contributed by atoms with van der Waals surface area (Å²) in [6, 6.07) is 5.29. The van der Waals surface area contributed by atoms with Gasteiger partial charge in [0.05, 0.1) is 22.8 Å². The predicted octanol–water partition coefficient (Wildman–Crippen LogP) is 1.59. The van der Waals surface area contributed by atoms with E-state index in [2.05, 4.69) is 0 Å². The van der Waals surface area contributed by atoms with Gasteiger partial charge >= 0.3 is 0 Å². The summed E-state index contributed by atoms with van der Waals surface area (Å²) < 4.78 is 0. The van der Waals surface area contributed by atoms with Gasteiger partial charge in [-0.25, -0.2) is 0 Å². The molecule has 0 unspecified atom stereocenters. The molecule has 0 atom stereocenters. The van der Waals surface area contributed by atoms with Crippen molar-refractivity contribution in [3.05, 3.63) is 34.4 Å². The van der Waals surface area contributed by atoms with Gasteiger partial charge in [-0.15, -0.1) is 0 Å². The van der Waals surface area contributed by atoms with E-state index >= 15 is 0 Å². The molecule has 5 nitrogen and oxygen atoms in total. The molecule has 2 N–H and O–H groups in total. The van der Waals surface area contributed by atoms with Gasteiger partial charge in [-0.1, -0.05) is 0 Å². The highest BCUT2D eigenvalue weighted by atomic mass is 16.2. The highest BCUT2D eigenvalue weighted by Crippen LogP contribution is 2.29. The van der Waals surface area contributed by atoms with Gasteiger partial charge < -0.3 is 10.6 Å². The molecule has 2 amide bonds. The fourth-order valence-corrected chi connectivity index (χ4v) is 2.46. The molecule has 0 spiro atoms. The van der Waals surface area contributed by atoms with Crippen LogP contribution in [0.3, 0.4) is 0 Å². The molecular formula is C15H17N3O2. The van der Waals surface area contributed by atoms with Crippen LogP contribution in [0.15, 0.2) is 12.1 Å². The standard InChI is InChI=1S/C15H17N3O2/c1-3-18(11-4-5-11)15(20)12-7-10(8-16)6-9(2)13(12)14(17)19/h6-7,11H,3-5H2,1-2H3,(H2,17,19). The van der Waals surface area contributed by atoms with Gasteiger partial charge in [0.2, 0.25) is 5.91 Å². The van der Waals surface area contributed by atoms with Crippen molar-refractivity contribution in [2.24, 2.45) is 5.73 Å². The maximum atomic E-state index is 12.6. The average Bonchev–Trinajstić information content (AvgIpc) is 3.22. The van der Waals surface area contributed by atoms with E-state index in [9.17, 15) is 9.59 Å². The lowest BCUT2D eigenvalue weighted by atomic mass is 9.97. The third-order valence-electron chi connectivity index (χ3n) is 3.53. The molecule has 1 aliphatic rings. The lowest BCUT2D eigenvalue weighted by molar-refractivity contribution is 0.0747. The van der Waals surface area contributed by atoms with Gasteiger partial charge in [0.25, 0.3) is 5.91 Å². The van der Waals surface area contributed by atoms with Crippen molar-refractivity contribution < 1.29 is 9.59 Å². The molecule has 0 bridgehead atoms. The SMILES string of the molecule is CCN(C(=O)c1cc(C#N)cc(C)c1C(N)=O)C1CC1. The first-order valence-electron chi connectivity index (χ1n) is 6.65. The number of carbonyl (C=O) groups is 2. The lowest BCUT2D eigenvalue weighted by Crippen LogP contribution is -2.34. The third-order valence-corrected chi connectivity index (χ3v) is 3.53. The number of nitrogens with zero attached hydrogens (tertiary/aromatic N) is 2. The Balaban J connectivity index is 2.53. The monoisotopic (exact) mass is 271 g/mol. The average molecular weight is 271 g/mol. The quantitative estimate of drug-likeness (QED) is 0.902. The summed E-state index contributed by atoms with van der Waals surface area (Å²) in [5.74, 6) is -0.855. The Morgan fingerprint density at radius 3 is 2.55 bits per heavy atom. The molecule has 1 fully saturated rings. The summed E-state index contributed by atoms with van der Waals surface area (Å²) in [4.78, 5) is 26.0. The number of carbonyl (C=O) groups excluding carboxylic acids is 2. The van der Waals surface area contributed by atoms with Crippen LogP contribution in [-0.2, 0) is 0 Å². The summed E-state index contributed by atoms with van der Waals surface area (Å²) in [5.41, 5.74) is 6.77. The second-order valence-corrected chi connectivity index (χ2v) is 5.01. The largest absolute Gasteiger partial charge is 0.366 e. The van der Waals surface area contributed by atoms with Gasteiger partial charge in [-0.05, 0) is 44.4 Å². The van der Waals surface area contributed by atoms with Crippen molar-refractivity contribution in [3.63, 3.8) is 0 Å². The molecule has 0 radical (unpaired) electrons. The Morgan fingerprint density at radius 1 is 1.45 bits per heavy atom. The van der Waals surface area contributed by atoms with Crippen LogP contribution in [0.25, 0.3) is 0 Å². The topological polar surface area (TPSA) is 87.2 Å². The molecule has 0 heterocycles. The van der Waals surface area contributed by atoms with Crippen LogP contribution in [0.1, 0.15) is 51.6 Å². The summed E-state index contributed by atoms with van der Waals surface area (Å²) in [5, 5.41) is 9.02. The van der Waals surface area contributed by atoms with Crippen molar-refractivity contribution in [1.29, 1.82) is 5.26 Å². The van der Waals surface area contributed by atoms with Crippen LogP contribution in [0.4, 0.5) is 0 Å². The number of aryl methyl sites for hydroxylation is 1. The van der Waals surface area contributed by atoms with Crippen LogP contribution in [-0.4, -0.2) is 29.3 Å². The summed E-state index contributed by atoms with van der Waals surface area (Å²) >= 11 is 0. The number of rotatable bonds is 4. The fraction of sp³-hybridized carbons (Fsp3) is 0.400. The van der Waals surface area contributed by atoms with E-state index in [4.69, 9.17) is 11.0 Å². The van der Waals surface area contributed by atoms with Crippen molar-refractivity contribution in [2.75, 3.05) is 6.54 Å². The van der Waals surface area contributed by atoms with E-state index < -0.39 is 5.91 Å². The zero-order valence-electron chi connectivity index (χ0n) is 11.6. The first kappa shape index (κ1) is 14.1. The number of benzene rings is 1. The number of nitrogens with two attached hydrogens (primary N) is 1. The predicted molar refractivity (Wildman–Crippen MR) is 74.1 cm³/mol. The van der Waals surface area contributed by atoms with Crippen molar-refractivity contribution in [2.45, 2.75) is 32.7 Å². The first-order valence-corrected chi connectivity index (χ1v) is 6.65. The zero-order chi connectivity index (χ0) is 14.9. The Bertz CT molecular complexity index is 612. The Kier molecular flexibility index (Phi) is 3.75. The van der Waals surface area contributed by atoms with Crippen molar-refractivity contribution >= 4 is 11.8 Å². The van der Waals surface area contributed by atoms with Gasteiger partial charge in [-0.2, -0.15) is 5.26 Å². The molecule has 5 heteroatoms. The van der Waals surface area contributed by atoms with Crippen molar-refractivity contribution in [3.8, 4) is 6.07 Å². The maximum Gasteiger partial charge on any atom is 0.254 e. The Morgan fingerprint density at radius 2 is 2.10 bits per heavy atom. The number of amides is 2. The normalized spacial score (nSPS) is 13.7. The minimum atomic E-state index is -0.637. The van der Waals surface area contributed by atoms with Crippen LogP contribution < -0.4 is 5.73 Å². The molecule has 1 aliphatic carbocycles. The van der Waals surface area contributed by atoms with E-state index in [0.29, 0.717) is 17.7 Å². The number of hydrogen-bond acceptors (Lipinski definition) is 3. The number of hydrogen-bond donors (Lipinski definition) is 1. The van der Waals surface area contributed by atoms with E-state index in [1.54, 1.807) is 17.9 Å². The first-order chi connectivity index (χ1) is 9.49. The highest BCUT2D eigenvalue weighted by Gasteiger charge is 2.33. The van der Waals surface area contributed by atoms with Gasteiger partial charge in [0, 0.05) is 12.6 Å². The zero-order valence-corrected chi connectivity index (χ0v) is 11.6. The fourth-order valence-electron chi connectivity index (χ4n) is 2.46. The van der Waals surface area contributed by atoms with E-state index in [1.165, 1.54) is 6.07 Å². The minimum absolute atomic E-state index is 0.216. The summed E-state index contributed by atoms with van der Waals surface area (Å²) in [7, 11) is 0. The van der Waals surface area contributed by atoms with E-state index in [-0.39, 0.29) is 23.1 Å². The summed E-state index contributed by atoms with van der Waals surface area (Å²) in [6.07, 6.45) is 1.98. The number of nitriles is 1. The van der Waals surface area contributed by atoms with Crippen LogP contribution in [0.5, 0.6) is 0 Å². The minimum Gasteiger partial charge on any atom is -0.366 e. The molecule has 1 aromatic carbocycles. The van der Waals surface area contributed by atoms with Gasteiger partial charge in [0.1, 0.15) is 0 Å². The molecule has 104 valence electrons. The molecule has 1 aromatic rings. The van der Waals surface area contributed by atoms with E-state index in [0.717, 1.165) is 12.8 Å². The van der Waals surface area contributed by atoms with Gasteiger partial charge in [-0.3, -0.25) is 9.59 Å². The van der Waals surface area contributed by atoms with Crippen LogP contribution >= 0.6 is 0 Å². The highest BCUT2D eigenvalue weighted by molar-refractivity contribution is 6.08.